The molecule has 0 fully saturated rings. The second-order valence-corrected chi connectivity index (χ2v) is 5.09. The van der Waals surface area contributed by atoms with Crippen LogP contribution in [0.2, 0.25) is 0 Å². The number of carbonyl (C=O) groups is 1. The summed E-state index contributed by atoms with van der Waals surface area (Å²) >= 11 is 0. The molecule has 0 spiro atoms. The van der Waals surface area contributed by atoms with Crippen LogP contribution < -0.4 is 5.32 Å². The molecule has 0 aliphatic rings. The summed E-state index contributed by atoms with van der Waals surface area (Å²) in [5, 5.41) is 16.0. The van der Waals surface area contributed by atoms with E-state index in [9.17, 15) is 9.90 Å². The number of hydrogen-bond acceptors (Lipinski definition) is 3. The first-order chi connectivity index (χ1) is 9.32. The number of carboxylic acids is 1. The standard InChI is InChI=1S/C14H20N4O2/c1-9-7-10(2)12(11(3)8-9)14(4,13(19)20)16-5-6-17-18-15/h7-8,16H,5-6H2,1-4H3,(H,19,20). The van der Waals surface area contributed by atoms with Crippen LogP contribution in [0.1, 0.15) is 29.2 Å². The largest absolute Gasteiger partial charge is 0.480 e. The highest BCUT2D eigenvalue weighted by Crippen LogP contribution is 2.29. The van der Waals surface area contributed by atoms with Gasteiger partial charge in [-0.3, -0.25) is 5.32 Å². The molecule has 1 aromatic carbocycles. The monoisotopic (exact) mass is 276 g/mol. The fraction of sp³-hybridized carbons (Fsp3) is 0.500. The minimum atomic E-state index is -1.20. The van der Waals surface area contributed by atoms with Gasteiger partial charge in [-0.25, -0.2) is 4.79 Å². The molecule has 1 unspecified atom stereocenters. The number of rotatable bonds is 6. The highest BCUT2D eigenvalue weighted by atomic mass is 16.4. The molecule has 0 saturated carbocycles. The van der Waals surface area contributed by atoms with Crippen molar-refractivity contribution in [3.8, 4) is 0 Å². The first-order valence-corrected chi connectivity index (χ1v) is 6.40. The van der Waals surface area contributed by atoms with Gasteiger partial charge in [0.15, 0.2) is 0 Å². The molecular formula is C14H20N4O2. The molecule has 2 N–H and O–H groups in total. The second-order valence-electron chi connectivity index (χ2n) is 5.09. The zero-order valence-corrected chi connectivity index (χ0v) is 12.3. The molecule has 0 aliphatic heterocycles. The molecule has 6 heteroatoms. The van der Waals surface area contributed by atoms with Crippen molar-refractivity contribution < 1.29 is 9.90 Å². The Morgan fingerprint density at radius 3 is 2.40 bits per heavy atom. The van der Waals surface area contributed by atoms with Crippen molar-refractivity contribution in [1.82, 2.24) is 5.32 Å². The van der Waals surface area contributed by atoms with Crippen molar-refractivity contribution in [2.24, 2.45) is 5.11 Å². The molecule has 0 amide bonds. The number of aryl methyl sites for hydroxylation is 3. The summed E-state index contributed by atoms with van der Waals surface area (Å²) in [5.74, 6) is -0.950. The molecule has 1 aromatic rings. The van der Waals surface area contributed by atoms with E-state index in [0.29, 0.717) is 6.54 Å². The van der Waals surface area contributed by atoms with Gasteiger partial charge < -0.3 is 5.11 Å². The van der Waals surface area contributed by atoms with Crippen LogP contribution in [0.3, 0.4) is 0 Å². The molecule has 1 rings (SSSR count). The third kappa shape index (κ3) is 3.29. The minimum absolute atomic E-state index is 0.212. The number of aliphatic carboxylic acids is 1. The maximum atomic E-state index is 11.7. The molecule has 0 bridgehead atoms. The second kappa shape index (κ2) is 6.41. The minimum Gasteiger partial charge on any atom is -0.480 e. The van der Waals surface area contributed by atoms with Crippen LogP contribution in [0, 0.1) is 20.8 Å². The summed E-state index contributed by atoms with van der Waals surface area (Å²) in [5.41, 5.74) is 10.8. The van der Waals surface area contributed by atoms with E-state index in [1.807, 2.05) is 32.9 Å². The lowest BCUT2D eigenvalue weighted by Crippen LogP contribution is -2.48. The Labute approximate surface area is 118 Å². The van der Waals surface area contributed by atoms with Crippen LogP contribution >= 0.6 is 0 Å². The number of carboxylic acid groups (broad SMARTS) is 1. The summed E-state index contributed by atoms with van der Waals surface area (Å²) in [6, 6.07) is 3.94. The first kappa shape index (κ1) is 16.0. The van der Waals surface area contributed by atoms with E-state index in [0.717, 1.165) is 22.3 Å². The van der Waals surface area contributed by atoms with Crippen molar-refractivity contribution in [3.05, 3.63) is 44.8 Å². The average Bonchev–Trinajstić information content (AvgIpc) is 2.33. The molecule has 1 atom stereocenters. The van der Waals surface area contributed by atoms with Gasteiger partial charge in [-0.15, -0.1) is 0 Å². The van der Waals surface area contributed by atoms with E-state index in [-0.39, 0.29) is 6.54 Å². The molecule has 0 saturated heterocycles. The zero-order chi connectivity index (χ0) is 15.3. The van der Waals surface area contributed by atoms with Gasteiger partial charge in [0.1, 0.15) is 5.54 Å². The van der Waals surface area contributed by atoms with Crippen LogP contribution in [-0.2, 0) is 10.3 Å². The number of nitrogens with zero attached hydrogens (tertiary/aromatic N) is 3. The van der Waals surface area contributed by atoms with Crippen molar-refractivity contribution in [2.45, 2.75) is 33.2 Å². The average molecular weight is 276 g/mol. The Morgan fingerprint density at radius 1 is 1.40 bits per heavy atom. The van der Waals surface area contributed by atoms with Gasteiger partial charge >= 0.3 is 5.97 Å². The van der Waals surface area contributed by atoms with Crippen molar-refractivity contribution in [3.63, 3.8) is 0 Å². The van der Waals surface area contributed by atoms with Crippen LogP contribution in [0.4, 0.5) is 0 Å². The smallest absolute Gasteiger partial charge is 0.328 e. The van der Waals surface area contributed by atoms with Crippen LogP contribution in [0.5, 0.6) is 0 Å². The lowest BCUT2D eigenvalue weighted by atomic mass is 9.84. The van der Waals surface area contributed by atoms with Gasteiger partial charge in [0.2, 0.25) is 0 Å². The Morgan fingerprint density at radius 2 is 1.95 bits per heavy atom. The molecule has 0 heterocycles. The molecule has 0 aliphatic carbocycles. The van der Waals surface area contributed by atoms with Crippen molar-refractivity contribution in [2.75, 3.05) is 13.1 Å². The Balaban J connectivity index is 3.19. The van der Waals surface area contributed by atoms with Crippen LogP contribution in [0.15, 0.2) is 17.2 Å². The van der Waals surface area contributed by atoms with E-state index in [1.54, 1.807) is 6.92 Å². The zero-order valence-electron chi connectivity index (χ0n) is 12.3. The fourth-order valence-corrected chi connectivity index (χ4v) is 2.64. The highest BCUT2D eigenvalue weighted by Gasteiger charge is 2.37. The van der Waals surface area contributed by atoms with Crippen LogP contribution in [0.25, 0.3) is 10.4 Å². The maximum absolute atomic E-state index is 11.7. The first-order valence-electron chi connectivity index (χ1n) is 6.40. The van der Waals surface area contributed by atoms with Crippen molar-refractivity contribution >= 4 is 5.97 Å². The quantitative estimate of drug-likeness (QED) is 0.362. The van der Waals surface area contributed by atoms with Gasteiger partial charge in [0.05, 0.1) is 0 Å². The number of nitrogens with one attached hydrogen (secondary N) is 1. The summed E-state index contributed by atoms with van der Waals surface area (Å²) in [4.78, 5) is 14.4. The number of azide groups is 1. The van der Waals surface area contributed by atoms with Gasteiger partial charge in [0.25, 0.3) is 0 Å². The Hall–Kier alpha value is -2.04. The number of hydrogen-bond donors (Lipinski definition) is 2. The summed E-state index contributed by atoms with van der Waals surface area (Å²) < 4.78 is 0. The molecule has 0 aromatic heterocycles. The van der Waals surface area contributed by atoms with Crippen molar-refractivity contribution in [1.29, 1.82) is 0 Å². The molecule has 0 radical (unpaired) electrons. The third-order valence-electron chi connectivity index (χ3n) is 3.36. The van der Waals surface area contributed by atoms with Gasteiger partial charge in [-0.1, -0.05) is 22.8 Å². The predicted octanol–water partition coefficient (Wildman–Crippen LogP) is 2.81. The SMILES string of the molecule is Cc1cc(C)c(C(C)(NCCN=[N+]=[N-])C(=O)O)c(C)c1. The van der Waals surface area contributed by atoms with E-state index < -0.39 is 11.5 Å². The lowest BCUT2D eigenvalue weighted by molar-refractivity contribution is -0.144. The third-order valence-corrected chi connectivity index (χ3v) is 3.36. The Bertz CT molecular complexity index is 541. The summed E-state index contributed by atoms with van der Waals surface area (Å²) in [6.45, 7) is 7.95. The molecular weight excluding hydrogens is 256 g/mol. The van der Waals surface area contributed by atoms with Gasteiger partial charge in [-0.2, -0.15) is 0 Å². The molecule has 108 valence electrons. The lowest BCUT2D eigenvalue weighted by Gasteiger charge is -2.30. The normalized spacial score (nSPS) is 13.4. The van der Waals surface area contributed by atoms with E-state index >= 15 is 0 Å². The Kier molecular flexibility index (Phi) is 5.13. The summed E-state index contributed by atoms with van der Waals surface area (Å²) in [7, 11) is 0. The van der Waals surface area contributed by atoms with Crippen LogP contribution in [-0.4, -0.2) is 24.2 Å². The molecule has 20 heavy (non-hydrogen) atoms. The topological polar surface area (TPSA) is 98.1 Å². The number of benzene rings is 1. The van der Waals surface area contributed by atoms with E-state index in [1.165, 1.54) is 0 Å². The summed E-state index contributed by atoms with van der Waals surface area (Å²) in [6.07, 6.45) is 0. The highest BCUT2D eigenvalue weighted by molar-refractivity contribution is 5.81. The fourth-order valence-electron chi connectivity index (χ4n) is 2.64. The maximum Gasteiger partial charge on any atom is 0.328 e. The van der Waals surface area contributed by atoms with Gasteiger partial charge in [-0.05, 0) is 49.9 Å². The van der Waals surface area contributed by atoms with E-state index in [4.69, 9.17) is 5.53 Å². The van der Waals surface area contributed by atoms with Gasteiger partial charge in [0, 0.05) is 18.0 Å². The predicted molar refractivity (Wildman–Crippen MR) is 77.7 cm³/mol. The molecule has 6 nitrogen and oxygen atoms in total. The van der Waals surface area contributed by atoms with E-state index in [2.05, 4.69) is 15.3 Å².